The highest BCUT2D eigenvalue weighted by molar-refractivity contribution is 6.50. The van der Waals surface area contributed by atoms with Crippen LogP contribution in [0.1, 0.15) is 36.1 Å². The Kier molecular flexibility index (Phi) is 7.47. The minimum absolute atomic E-state index is 0.598. The van der Waals surface area contributed by atoms with Crippen molar-refractivity contribution in [2.45, 2.75) is 22.5 Å². The van der Waals surface area contributed by atoms with Crippen LogP contribution in [0.4, 0.5) is 0 Å². The highest BCUT2D eigenvalue weighted by Crippen LogP contribution is 2.44. The van der Waals surface area contributed by atoms with Gasteiger partial charge in [-0.2, -0.15) is 0 Å². The molecule has 0 aliphatic carbocycles. The van der Waals surface area contributed by atoms with Crippen molar-refractivity contribution in [1.82, 2.24) is 0 Å². The highest BCUT2D eigenvalue weighted by Gasteiger charge is 2.32. The SMILES string of the molecule is CCOc1ccc(C(Cl)(Cl)c2ccc(C(Cl)(Cl)c3ccc(OCC)cc3)cc2)cc1. The molecule has 0 heterocycles. The van der Waals surface area contributed by atoms with Crippen molar-refractivity contribution in [2.24, 2.45) is 0 Å². The lowest BCUT2D eigenvalue weighted by Crippen LogP contribution is -2.15. The molecule has 0 bridgehead atoms. The third kappa shape index (κ3) is 5.00. The molecule has 0 atom stereocenters. The van der Waals surface area contributed by atoms with Crippen molar-refractivity contribution >= 4 is 46.4 Å². The minimum Gasteiger partial charge on any atom is -0.494 e. The van der Waals surface area contributed by atoms with Crippen LogP contribution in [0.3, 0.4) is 0 Å². The number of hydrogen-bond donors (Lipinski definition) is 0. The zero-order valence-corrected chi connectivity index (χ0v) is 19.7. The summed E-state index contributed by atoms with van der Waals surface area (Å²) in [5.41, 5.74) is 2.93. The van der Waals surface area contributed by atoms with Crippen LogP contribution in [-0.2, 0) is 8.67 Å². The van der Waals surface area contributed by atoms with E-state index in [1.807, 2.05) is 86.6 Å². The van der Waals surface area contributed by atoms with E-state index in [-0.39, 0.29) is 0 Å². The Morgan fingerprint density at radius 2 is 0.733 bits per heavy atom. The zero-order valence-electron chi connectivity index (χ0n) is 16.7. The summed E-state index contributed by atoms with van der Waals surface area (Å²) >= 11 is 26.8. The third-order valence-corrected chi connectivity index (χ3v) is 6.41. The first-order chi connectivity index (χ1) is 14.3. The van der Waals surface area contributed by atoms with Gasteiger partial charge in [-0.25, -0.2) is 0 Å². The Balaban J connectivity index is 1.83. The van der Waals surface area contributed by atoms with Gasteiger partial charge in [-0.05, 0) is 60.4 Å². The lowest BCUT2D eigenvalue weighted by Gasteiger charge is -2.24. The molecule has 0 aromatic heterocycles. The maximum atomic E-state index is 6.69. The summed E-state index contributed by atoms with van der Waals surface area (Å²) in [6.07, 6.45) is 0. The first kappa shape index (κ1) is 23.1. The molecule has 158 valence electrons. The third-order valence-electron chi connectivity index (χ3n) is 4.67. The van der Waals surface area contributed by atoms with Crippen LogP contribution in [0, 0.1) is 0 Å². The lowest BCUT2D eigenvalue weighted by atomic mass is 9.98. The molecule has 0 radical (unpaired) electrons. The second kappa shape index (κ2) is 9.70. The molecular formula is C24H22Cl4O2. The van der Waals surface area contributed by atoms with Crippen LogP contribution in [-0.4, -0.2) is 13.2 Å². The van der Waals surface area contributed by atoms with Crippen molar-refractivity contribution in [2.75, 3.05) is 13.2 Å². The largest absolute Gasteiger partial charge is 0.494 e. The molecule has 0 spiro atoms. The first-order valence-electron chi connectivity index (χ1n) is 9.62. The molecule has 3 aromatic rings. The van der Waals surface area contributed by atoms with E-state index in [2.05, 4.69) is 0 Å². The molecule has 6 heteroatoms. The molecule has 0 amide bonds. The van der Waals surface area contributed by atoms with Crippen molar-refractivity contribution in [3.63, 3.8) is 0 Å². The first-order valence-corrected chi connectivity index (χ1v) is 11.1. The van der Waals surface area contributed by atoms with Gasteiger partial charge in [-0.1, -0.05) is 94.9 Å². The number of halogens is 4. The molecular weight excluding hydrogens is 462 g/mol. The number of alkyl halides is 4. The fraction of sp³-hybridized carbons (Fsp3) is 0.250. The summed E-state index contributed by atoms with van der Waals surface area (Å²) in [6.45, 7) is 5.06. The number of ether oxygens (including phenoxy) is 2. The molecule has 0 aliphatic heterocycles. The van der Waals surface area contributed by atoms with Crippen LogP contribution in [0.2, 0.25) is 0 Å². The molecule has 0 fully saturated rings. The molecule has 3 rings (SSSR count). The molecule has 2 nitrogen and oxygen atoms in total. The highest BCUT2D eigenvalue weighted by atomic mass is 35.5. The number of rotatable bonds is 8. The van der Waals surface area contributed by atoms with Crippen molar-refractivity contribution in [3.8, 4) is 11.5 Å². The van der Waals surface area contributed by atoms with E-state index in [9.17, 15) is 0 Å². The monoisotopic (exact) mass is 482 g/mol. The van der Waals surface area contributed by atoms with E-state index in [0.29, 0.717) is 13.2 Å². The Bertz CT molecular complexity index is 870. The van der Waals surface area contributed by atoms with Crippen molar-refractivity contribution < 1.29 is 9.47 Å². The fourth-order valence-electron chi connectivity index (χ4n) is 3.08. The number of benzene rings is 3. The predicted molar refractivity (Wildman–Crippen MR) is 127 cm³/mol. The van der Waals surface area contributed by atoms with E-state index in [1.54, 1.807) is 0 Å². The molecule has 3 aromatic carbocycles. The van der Waals surface area contributed by atoms with Gasteiger partial charge in [0.25, 0.3) is 0 Å². The van der Waals surface area contributed by atoms with Gasteiger partial charge in [-0.15, -0.1) is 0 Å². The molecule has 30 heavy (non-hydrogen) atoms. The van der Waals surface area contributed by atoms with E-state index in [4.69, 9.17) is 55.9 Å². The Hall–Kier alpha value is -1.58. The van der Waals surface area contributed by atoms with Crippen LogP contribution in [0.5, 0.6) is 11.5 Å². The second-order valence-electron chi connectivity index (χ2n) is 6.64. The van der Waals surface area contributed by atoms with E-state index in [1.165, 1.54) is 0 Å². The summed E-state index contributed by atoms with van der Waals surface area (Å²) in [7, 11) is 0. The van der Waals surface area contributed by atoms with Gasteiger partial charge in [0.2, 0.25) is 0 Å². The molecule has 0 N–H and O–H groups in total. The molecule has 0 saturated heterocycles. The Morgan fingerprint density at radius 3 is 0.967 bits per heavy atom. The lowest BCUT2D eigenvalue weighted by molar-refractivity contribution is 0.340. The summed E-state index contributed by atoms with van der Waals surface area (Å²) in [5, 5.41) is 0. The van der Waals surface area contributed by atoms with Gasteiger partial charge in [-0.3, -0.25) is 0 Å². The van der Waals surface area contributed by atoms with Gasteiger partial charge in [0.1, 0.15) is 11.5 Å². The van der Waals surface area contributed by atoms with Crippen LogP contribution >= 0.6 is 46.4 Å². The van der Waals surface area contributed by atoms with Gasteiger partial charge in [0, 0.05) is 0 Å². The average molecular weight is 484 g/mol. The molecule has 0 saturated carbocycles. The topological polar surface area (TPSA) is 18.5 Å². The average Bonchev–Trinajstić information content (AvgIpc) is 2.75. The van der Waals surface area contributed by atoms with E-state index < -0.39 is 8.67 Å². The maximum Gasteiger partial charge on any atom is 0.168 e. The fourth-order valence-corrected chi connectivity index (χ4v) is 4.08. The van der Waals surface area contributed by atoms with E-state index >= 15 is 0 Å². The van der Waals surface area contributed by atoms with Gasteiger partial charge in [0.05, 0.1) is 13.2 Å². The predicted octanol–water partition coefficient (Wildman–Crippen LogP) is 7.84. The minimum atomic E-state index is -1.22. The Morgan fingerprint density at radius 1 is 0.500 bits per heavy atom. The number of hydrogen-bond acceptors (Lipinski definition) is 2. The van der Waals surface area contributed by atoms with E-state index in [0.717, 1.165) is 33.8 Å². The normalized spacial score (nSPS) is 11.9. The van der Waals surface area contributed by atoms with Crippen molar-refractivity contribution in [1.29, 1.82) is 0 Å². The van der Waals surface area contributed by atoms with Crippen LogP contribution in [0.25, 0.3) is 0 Å². The smallest absolute Gasteiger partial charge is 0.168 e. The molecule has 0 aliphatic rings. The zero-order chi connectivity index (χ0) is 21.8. The van der Waals surface area contributed by atoms with Gasteiger partial charge in [0.15, 0.2) is 8.67 Å². The quantitative estimate of drug-likeness (QED) is 0.304. The summed E-state index contributed by atoms with van der Waals surface area (Å²) in [6, 6.07) is 22.1. The van der Waals surface area contributed by atoms with Crippen molar-refractivity contribution in [3.05, 3.63) is 95.1 Å². The van der Waals surface area contributed by atoms with Crippen LogP contribution < -0.4 is 9.47 Å². The van der Waals surface area contributed by atoms with Crippen LogP contribution in [0.15, 0.2) is 72.8 Å². The molecule has 0 unspecified atom stereocenters. The maximum absolute atomic E-state index is 6.69. The Labute approximate surface area is 197 Å². The standard InChI is InChI=1S/C24H22Cl4O2/c1-3-29-21-13-9-19(10-14-21)23(25,26)17-5-7-18(8-6-17)24(27,28)20-11-15-22(16-12-20)30-4-2/h5-16H,3-4H2,1-2H3. The summed E-state index contributed by atoms with van der Waals surface area (Å²) in [5.74, 6) is 1.54. The van der Waals surface area contributed by atoms with Gasteiger partial charge >= 0.3 is 0 Å². The summed E-state index contributed by atoms with van der Waals surface area (Å²) < 4.78 is 8.51. The second-order valence-corrected chi connectivity index (χ2v) is 9.30. The van der Waals surface area contributed by atoms with Gasteiger partial charge < -0.3 is 9.47 Å². The summed E-state index contributed by atoms with van der Waals surface area (Å²) in [4.78, 5) is 0.